The van der Waals surface area contributed by atoms with E-state index in [0.717, 1.165) is 24.5 Å². The van der Waals surface area contributed by atoms with Crippen LogP contribution in [0.5, 0.6) is 5.88 Å². The van der Waals surface area contributed by atoms with Crippen molar-refractivity contribution in [3.63, 3.8) is 0 Å². The molecule has 112 valence electrons. The van der Waals surface area contributed by atoms with Crippen LogP contribution in [0.2, 0.25) is 0 Å². The first-order valence-corrected chi connectivity index (χ1v) is 7.10. The van der Waals surface area contributed by atoms with Crippen LogP contribution < -0.4 is 10.1 Å². The molecule has 6 nitrogen and oxygen atoms in total. The van der Waals surface area contributed by atoms with Gasteiger partial charge >= 0.3 is 0 Å². The van der Waals surface area contributed by atoms with E-state index in [2.05, 4.69) is 15.3 Å². The number of hydrogen-bond acceptors (Lipinski definition) is 5. The summed E-state index contributed by atoms with van der Waals surface area (Å²) in [4.78, 5) is 22.0. The van der Waals surface area contributed by atoms with Crippen LogP contribution in [-0.4, -0.2) is 47.0 Å². The highest BCUT2D eigenvalue weighted by Gasteiger charge is 2.11. The number of amides is 1. The normalized spacial score (nSPS) is 10.2. The number of ether oxygens (including phenoxy) is 1. The fourth-order valence-corrected chi connectivity index (χ4v) is 1.92. The lowest BCUT2D eigenvalue weighted by molar-refractivity contribution is -0.130. The van der Waals surface area contributed by atoms with E-state index in [1.807, 2.05) is 32.6 Å². The van der Waals surface area contributed by atoms with Crippen LogP contribution in [0.15, 0.2) is 6.33 Å². The first kappa shape index (κ1) is 16.2. The molecule has 0 aliphatic rings. The zero-order valence-corrected chi connectivity index (χ0v) is 12.8. The predicted octanol–water partition coefficient (Wildman–Crippen LogP) is 1.85. The molecular weight excluding hydrogens is 256 g/mol. The van der Waals surface area contributed by atoms with Gasteiger partial charge in [0.2, 0.25) is 11.8 Å². The molecule has 0 fully saturated rings. The molecule has 0 aliphatic carbocycles. The van der Waals surface area contributed by atoms with Gasteiger partial charge in [0.05, 0.1) is 12.2 Å². The summed E-state index contributed by atoms with van der Waals surface area (Å²) < 4.78 is 5.41. The van der Waals surface area contributed by atoms with Crippen molar-refractivity contribution in [2.75, 3.05) is 31.6 Å². The van der Waals surface area contributed by atoms with Gasteiger partial charge in [0.1, 0.15) is 12.1 Å². The Labute approximate surface area is 120 Å². The quantitative estimate of drug-likeness (QED) is 0.787. The van der Waals surface area contributed by atoms with E-state index < -0.39 is 0 Å². The smallest absolute Gasteiger partial charge is 0.224 e. The molecule has 1 aromatic rings. The Balaban J connectivity index is 2.54. The van der Waals surface area contributed by atoms with Gasteiger partial charge in [-0.05, 0) is 27.7 Å². The second-order valence-electron chi connectivity index (χ2n) is 4.33. The van der Waals surface area contributed by atoms with Crippen molar-refractivity contribution < 1.29 is 9.53 Å². The van der Waals surface area contributed by atoms with Gasteiger partial charge in [-0.15, -0.1) is 0 Å². The van der Waals surface area contributed by atoms with Crippen LogP contribution in [0, 0.1) is 6.92 Å². The third kappa shape index (κ3) is 4.36. The predicted molar refractivity (Wildman–Crippen MR) is 79.0 cm³/mol. The standard InChI is InChI=1S/C14H24N4O2/c1-5-18(6-2)12(19)8-9-15-13-11(4)14(20-7-3)17-10-16-13/h10H,5-9H2,1-4H3,(H,15,16,17). The summed E-state index contributed by atoms with van der Waals surface area (Å²) in [5.74, 6) is 1.45. The fourth-order valence-electron chi connectivity index (χ4n) is 1.92. The average molecular weight is 280 g/mol. The number of aromatic nitrogens is 2. The van der Waals surface area contributed by atoms with E-state index in [0.29, 0.717) is 25.5 Å². The van der Waals surface area contributed by atoms with E-state index in [-0.39, 0.29) is 5.91 Å². The number of carbonyl (C=O) groups excluding carboxylic acids is 1. The second-order valence-corrected chi connectivity index (χ2v) is 4.33. The summed E-state index contributed by atoms with van der Waals surface area (Å²) in [6.07, 6.45) is 1.92. The number of nitrogens with one attached hydrogen (secondary N) is 1. The Hall–Kier alpha value is -1.85. The van der Waals surface area contributed by atoms with E-state index in [1.54, 1.807) is 0 Å². The highest BCUT2D eigenvalue weighted by atomic mass is 16.5. The van der Waals surface area contributed by atoms with Crippen molar-refractivity contribution in [1.82, 2.24) is 14.9 Å². The molecule has 0 saturated heterocycles. The number of hydrogen-bond donors (Lipinski definition) is 1. The Bertz CT molecular complexity index is 433. The van der Waals surface area contributed by atoms with Crippen LogP contribution >= 0.6 is 0 Å². The minimum absolute atomic E-state index is 0.152. The van der Waals surface area contributed by atoms with E-state index in [4.69, 9.17) is 4.74 Å². The van der Waals surface area contributed by atoms with Gasteiger partial charge in [-0.2, -0.15) is 0 Å². The molecule has 0 spiro atoms. The Morgan fingerprint density at radius 3 is 2.60 bits per heavy atom. The lowest BCUT2D eigenvalue weighted by Gasteiger charge is -2.18. The molecule has 1 N–H and O–H groups in total. The van der Waals surface area contributed by atoms with Gasteiger partial charge in [0.25, 0.3) is 0 Å². The van der Waals surface area contributed by atoms with Gasteiger partial charge < -0.3 is 15.0 Å². The van der Waals surface area contributed by atoms with Crippen molar-refractivity contribution in [2.24, 2.45) is 0 Å². The SMILES string of the molecule is CCOc1ncnc(NCCC(=O)N(CC)CC)c1C. The first-order valence-electron chi connectivity index (χ1n) is 7.10. The highest BCUT2D eigenvalue weighted by molar-refractivity contribution is 5.76. The molecule has 0 unspecified atom stereocenters. The largest absolute Gasteiger partial charge is 0.478 e. The molecular formula is C14H24N4O2. The molecule has 20 heavy (non-hydrogen) atoms. The maximum Gasteiger partial charge on any atom is 0.224 e. The molecule has 6 heteroatoms. The lowest BCUT2D eigenvalue weighted by atomic mass is 10.3. The maximum atomic E-state index is 11.9. The number of rotatable bonds is 8. The summed E-state index contributed by atoms with van der Waals surface area (Å²) >= 11 is 0. The minimum Gasteiger partial charge on any atom is -0.478 e. The molecule has 1 rings (SSSR count). The van der Waals surface area contributed by atoms with Crippen molar-refractivity contribution in [2.45, 2.75) is 34.1 Å². The Morgan fingerprint density at radius 2 is 2.00 bits per heavy atom. The molecule has 0 aromatic carbocycles. The molecule has 1 heterocycles. The maximum absolute atomic E-state index is 11.9. The molecule has 0 radical (unpaired) electrons. The van der Waals surface area contributed by atoms with Crippen molar-refractivity contribution in [3.05, 3.63) is 11.9 Å². The van der Waals surface area contributed by atoms with Crippen molar-refractivity contribution in [1.29, 1.82) is 0 Å². The van der Waals surface area contributed by atoms with E-state index in [1.165, 1.54) is 6.33 Å². The third-order valence-electron chi connectivity index (χ3n) is 3.07. The summed E-state index contributed by atoms with van der Waals surface area (Å²) in [5, 5.41) is 3.17. The fraction of sp³-hybridized carbons (Fsp3) is 0.643. The zero-order valence-electron chi connectivity index (χ0n) is 12.8. The zero-order chi connectivity index (χ0) is 15.0. The summed E-state index contributed by atoms with van der Waals surface area (Å²) in [6.45, 7) is 10.4. The molecule has 0 bridgehead atoms. The van der Waals surface area contributed by atoms with Crippen LogP contribution in [-0.2, 0) is 4.79 Å². The number of nitrogens with zero attached hydrogens (tertiary/aromatic N) is 3. The molecule has 0 atom stereocenters. The van der Waals surface area contributed by atoms with Gasteiger partial charge in [-0.25, -0.2) is 9.97 Å². The van der Waals surface area contributed by atoms with Crippen LogP contribution in [0.4, 0.5) is 5.82 Å². The van der Waals surface area contributed by atoms with Crippen LogP contribution in [0.3, 0.4) is 0 Å². The third-order valence-corrected chi connectivity index (χ3v) is 3.07. The van der Waals surface area contributed by atoms with Gasteiger partial charge in [0.15, 0.2) is 0 Å². The second kappa shape index (κ2) is 8.35. The first-order chi connectivity index (χ1) is 9.63. The van der Waals surface area contributed by atoms with E-state index in [9.17, 15) is 4.79 Å². The Morgan fingerprint density at radius 1 is 1.30 bits per heavy atom. The number of anilines is 1. The monoisotopic (exact) mass is 280 g/mol. The Kier molecular flexibility index (Phi) is 6.76. The molecule has 1 amide bonds. The topological polar surface area (TPSA) is 67.4 Å². The van der Waals surface area contributed by atoms with E-state index >= 15 is 0 Å². The molecule has 1 aromatic heterocycles. The molecule has 0 aliphatic heterocycles. The number of carbonyl (C=O) groups is 1. The molecule has 0 saturated carbocycles. The summed E-state index contributed by atoms with van der Waals surface area (Å²) in [7, 11) is 0. The summed E-state index contributed by atoms with van der Waals surface area (Å²) in [5.41, 5.74) is 0.865. The van der Waals surface area contributed by atoms with Gasteiger partial charge in [-0.3, -0.25) is 4.79 Å². The van der Waals surface area contributed by atoms with Crippen LogP contribution in [0.1, 0.15) is 32.8 Å². The summed E-state index contributed by atoms with van der Waals surface area (Å²) in [6, 6.07) is 0. The van der Waals surface area contributed by atoms with Gasteiger partial charge in [-0.1, -0.05) is 0 Å². The highest BCUT2D eigenvalue weighted by Crippen LogP contribution is 2.20. The van der Waals surface area contributed by atoms with Crippen molar-refractivity contribution in [3.8, 4) is 5.88 Å². The van der Waals surface area contributed by atoms with Crippen molar-refractivity contribution >= 4 is 11.7 Å². The lowest BCUT2D eigenvalue weighted by Crippen LogP contribution is -2.31. The van der Waals surface area contributed by atoms with Crippen LogP contribution in [0.25, 0.3) is 0 Å². The van der Waals surface area contributed by atoms with Gasteiger partial charge in [0, 0.05) is 26.1 Å². The average Bonchev–Trinajstić information content (AvgIpc) is 2.44. The minimum atomic E-state index is 0.152.